The van der Waals surface area contributed by atoms with Gasteiger partial charge in [-0.1, -0.05) is 45.4 Å². The van der Waals surface area contributed by atoms with Gasteiger partial charge in [-0.15, -0.1) is 0 Å². The molecule has 2 rings (SSSR count). The number of carbonyl (C=O) groups excluding carboxylic acids is 1. The fourth-order valence-electron chi connectivity index (χ4n) is 4.09. The zero-order valence-electron chi connectivity index (χ0n) is 12.1. The molecule has 0 aromatic heterocycles. The molecule has 0 aromatic carbocycles. The first-order chi connectivity index (χ1) is 8.79. The minimum absolute atomic E-state index is 0.538. The third-order valence-electron chi connectivity index (χ3n) is 5.29. The molecule has 1 nitrogen and oxygen atoms in total. The van der Waals surface area contributed by atoms with Crippen LogP contribution in [-0.2, 0) is 4.79 Å². The Hall–Kier alpha value is -0.330. The number of hydrogen-bond acceptors (Lipinski definition) is 1. The number of hydrogen-bond donors (Lipinski definition) is 0. The highest BCUT2D eigenvalue weighted by molar-refractivity contribution is 5.79. The molecule has 2 fully saturated rings. The molecule has 1 atom stereocenters. The van der Waals surface area contributed by atoms with E-state index in [-0.39, 0.29) is 0 Å². The summed E-state index contributed by atoms with van der Waals surface area (Å²) in [5.74, 6) is 3.18. The Kier molecular flexibility index (Phi) is 5.72. The van der Waals surface area contributed by atoms with Crippen LogP contribution in [0.1, 0.15) is 84.0 Å². The van der Waals surface area contributed by atoms with E-state index < -0.39 is 0 Å². The van der Waals surface area contributed by atoms with E-state index in [1.165, 1.54) is 64.2 Å². The van der Waals surface area contributed by atoms with Crippen LogP contribution in [0.4, 0.5) is 0 Å². The molecule has 0 saturated heterocycles. The maximum Gasteiger partial charge on any atom is 0.133 e. The zero-order chi connectivity index (χ0) is 12.8. The van der Waals surface area contributed by atoms with Crippen molar-refractivity contribution in [2.45, 2.75) is 84.0 Å². The van der Waals surface area contributed by atoms with E-state index in [9.17, 15) is 4.79 Å². The average Bonchev–Trinajstić information content (AvgIpc) is 2.40. The predicted molar refractivity (Wildman–Crippen MR) is 76.6 cm³/mol. The molecule has 0 heterocycles. The predicted octanol–water partition coefficient (Wildman–Crippen LogP) is 5.13. The van der Waals surface area contributed by atoms with Crippen molar-refractivity contribution in [3.8, 4) is 0 Å². The van der Waals surface area contributed by atoms with Gasteiger partial charge in [0.1, 0.15) is 5.78 Å². The lowest BCUT2D eigenvalue weighted by Crippen LogP contribution is -2.26. The molecular weight excluding hydrogens is 220 g/mol. The maximum atomic E-state index is 11.6. The largest absolute Gasteiger partial charge is 0.300 e. The van der Waals surface area contributed by atoms with Gasteiger partial charge in [0.2, 0.25) is 0 Å². The fraction of sp³-hybridized carbons (Fsp3) is 0.941. The van der Waals surface area contributed by atoms with Gasteiger partial charge in [0.25, 0.3) is 0 Å². The van der Waals surface area contributed by atoms with Crippen LogP contribution >= 0.6 is 0 Å². The van der Waals surface area contributed by atoms with Gasteiger partial charge in [-0.25, -0.2) is 0 Å². The van der Waals surface area contributed by atoms with E-state index in [0.29, 0.717) is 5.78 Å². The van der Waals surface area contributed by atoms with Gasteiger partial charge < -0.3 is 0 Å². The first kappa shape index (κ1) is 14.1. The summed E-state index contributed by atoms with van der Waals surface area (Å²) in [7, 11) is 0. The monoisotopic (exact) mass is 250 g/mol. The number of Topliss-reactive ketones (excluding diaryl/α,β-unsaturated/α-hetero) is 1. The van der Waals surface area contributed by atoms with E-state index in [1.807, 2.05) is 0 Å². The molecule has 0 bridgehead atoms. The van der Waals surface area contributed by atoms with Crippen molar-refractivity contribution in [2.24, 2.45) is 17.8 Å². The van der Waals surface area contributed by atoms with Crippen LogP contribution in [-0.4, -0.2) is 5.78 Å². The number of ketones is 1. The van der Waals surface area contributed by atoms with Crippen molar-refractivity contribution in [1.29, 1.82) is 0 Å². The van der Waals surface area contributed by atoms with Crippen molar-refractivity contribution in [1.82, 2.24) is 0 Å². The number of carbonyl (C=O) groups is 1. The van der Waals surface area contributed by atoms with Crippen LogP contribution in [0.15, 0.2) is 0 Å². The highest BCUT2D eigenvalue weighted by Gasteiger charge is 2.30. The molecule has 0 spiro atoms. The second-order valence-electron chi connectivity index (χ2n) is 6.67. The molecule has 1 unspecified atom stereocenters. The van der Waals surface area contributed by atoms with E-state index in [1.54, 1.807) is 0 Å². The summed E-state index contributed by atoms with van der Waals surface area (Å²) in [5.41, 5.74) is 0. The van der Waals surface area contributed by atoms with Crippen molar-refractivity contribution in [2.75, 3.05) is 0 Å². The molecule has 18 heavy (non-hydrogen) atoms. The summed E-state index contributed by atoms with van der Waals surface area (Å²) < 4.78 is 0. The van der Waals surface area contributed by atoms with Crippen molar-refractivity contribution in [3.63, 3.8) is 0 Å². The van der Waals surface area contributed by atoms with E-state index >= 15 is 0 Å². The third kappa shape index (κ3) is 4.10. The smallest absolute Gasteiger partial charge is 0.133 e. The Labute approximate surface area is 113 Å². The molecule has 1 heteroatoms. The van der Waals surface area contributed by atoms with Crippen molar-refractivity contribution >= 4 is 5.78 Å². The third-order valence-corrected chi connectivity index (χ3v) is 5.29. The maximum absolute atomic E-state index is 11.6. The topological polar surface area (TPSA) is 17.1 Å². The van der Waals surface area contributed by atoms with Crippen molar-refractivity contribution < 1.29 is 4.79 Å². The molecule has 2 aliphatic rings. The summed E-state index contributed by atoms with van der Waals surface area (Å²) in [6.45, 7) is 2.29. The molecule has 104 valence electrons. The van der Waals surface area contributed by atoms with Crippen molar-refractivity contribution in [3.05, 3.63) is 0 Å². The van der Waals surface area contributed by atoms with Gasteiger partial charge in [-0.05, 0) is 43.4 Å². The molecule has 0 amide bonds. The average molecular weight is 250 g/mol. The van der Waals surface area contributed by atoms with E-state index in [2.05, 4.69) is 6.92 Å². The number of rotatable bonds is 5. The van der Waals surface area contributed by atoms with Gasteiger partial charge in [0, 0.05) is 12.8 Å². The van der Waals surface area contributed by atoms with Gasteiger partial charge in [0.15, 0.2) is 0 Å². The zero-order valence-corrected chi connectivity index (χ0v) is 12.1. The van der Waals surface area contributed by atoms with Crippen LogP contribution in [0.5, 0.6) is 0 Å². The standard InChI is InChI=1S/C17H30O/c1-2-3-4-6-14-9-11-15(12-10-14)16-7-5-8-17(18)13-16/h14-16H,2-13H2,1H3. The van der Waals surface area contributed by atoms with Gasteiger partial charge in [0.05, 0.1) is 0 Å². The highest BCUT2D eigenvalue weighted by Crippen LogP contribution is 2.40. The molecule has 0 N–H and O–H groups in total. The summed E-state index contributed by atoms with van der Waals surface area (Å²) in [5, 5.41) is 0. The van der Waals surface area contributed by atoms with Crippen LogP contribution in [0.25, 0.3) is 0 Å². The molecule has 2 saturated carbocycles. The van der Waals surface area contributed by atoms with Crippen LogP contribution in [0, 0.1) is 17.8 Å². The first-order valence-corrected chi connectivity index (χ1v) is 8.31. The Morgan fingerprint density at radius 1 is 1.00 bits per heavy atom. The van der Waals surface area contributed by atoms with Crippen LogP contribution in [0.2, 0.25) is 0 Å². The van der Waals surface area contributed by atoms with Gasteiger partial charge in [-0.2, -0.15) is 0 Å². The minimum Gasteiger partial charge on any atom is -0.300 e. The molecule has 0 aliphatic heterocycles. The molecule has 0 radical (unpaired) electrons. The van der Waals surface area contributed by atoms with Crippen LogP contribution in [0.3, 0.4) is 0 Å². The SMILES string of the molecule is CCCCCC1CCC(C2CCCC(=O)C2)CC1. The second-order valence-corrected chi connectivity index (χ2v) is 6.67. The summed E-state index contributed by atoms with van der Waals surface area (Å²) in [6.07, 6.45) is 15.6. The quantitative estimate of drug-likeness (QED) is 0.618. The minimum atomic E-state index is 0.538. The Morgan fingerprint density at radius 2 is 1.78 bits per heavy atom. The normalized spacial score (nSPS) is 33.6. The summed E-state index contributed by atoms with van der Waals surface area (Å²) in [6, 6.07) is 0. The molecule has 2 aliphatic carbocycles. The van der Waals surface area contributed by atoms with Gasteiger partial charge >= 0.3 is 0 Å². The number of unbranched alkanes of at least 4 members (excludes halogenated alkanes) is 2. The lowest BCUT2D eigenvalue weighted by Gasteiger charge is -2.35. The lowest BCUT2D eigenvalue weighted by atomic mass is 9.70. The summed E-state index contributed by atoms with van der Waals surface area (Å²) in [4.78, 5) is 11.6. The van der Waals surface area contributed by atoms with E-state index in [4.69, 9.17) is 0 Å². The van der Waals surface area contributed by atoms with Crippen LogP contribution < -0.4 is 0 Å². The fourth-order valence-corrected chi connectivity index (χ4v) is 4.09. The molecular formula is C17H30O. The summed E-state index contributed by atoms with van der Waals surface area (Å²) >= 11 is 0. The van der Waals surface area contributed by atoms with E-state index in [0.717, 1.165) is 30.6 Å². The molecule has 0 aromatic rings. The lowest BCUT2D eigenvalue weighted by molar-refractivity contribution is -0.122. The Balaban J connectivity index is 1.67. The van der Waals surface area contributed by atoms with Gasteiger partial charge in [-0.3, -0.25) is 4.79 Å². The Bertz CT molecular complexity index is 250. The second kappa shape index (κ2) is 7.31. The Morgan fingerprint density at radius 3 is 2.44 bits per heavy atom. The first-order valence-electron chi connectivity index (χ1n) is 8.31. The highest BCUT2D eigenvalue weighted by atomic mass is 16.1.